The average molecular weight is 481 g/mol. The van der Waals surface area contributed by atoms with E-state index in [-0.39, 0.29) is 17.5 Å². The number of anilines is 1. The largest absolute Gasteiger partial charge is 0.359 e. The van der Waals surface area contributed by atoms with E-state index < -0.39 is 5.56 Å². The molecule has 0 atom stereocenters. The van der Waals surface area contributed by atoms with Crippen molar-refractivity contribution in [3.8, 4) is 0 Å². The molecule has 9 nitrogen and oxygen atoms in total. The number of carbonyl (C=O) groups excluding carboxylic acids is 1. The predicted molar refractivity (Wildman–Crippen MR) is 135 cm³/mol. The minimum atomic E-state index is -0.421. The second kappa shape index (κ2) is 8.43. The molecule has 4 aromatic rings. The zero-order chi connectivity index (χ0) is 24.1. The van der Waals surface area contributed by atoms with Crippen LogP contribution in [0.1, 0.15) is 35.5 Å². The van der Waals surface area contributed by atoms with E-state index in [1.165, 1.54) is 18.4 Å². The van der Waals surface area contributed by atoms with Gasteiger partial charge in [0, 0.05) is 38.6 Å². The highest BCUT2D eigenvalue weighted by molar-refractivity contribution is 7.19. The lowest BCUT2D eigenvalue weighted by atomic mass is 10.1. The zero-order valence-corrected chi connectivity index (χ0v) is 20.6. The number of hydrogen-bond donors (Lipinski definition) is 1. The van der Waals surface area contributed by atoms with Crippen molar-refractivity contribution in [1.82, 2.24) is 23.6 Å². The van der Waals surface area contributed by atoms with Crippen LogP contribution < -0.4 is 16.6 Å². The third-order valence-corrected chi connectivity index (χ3v) is 7.53. The Morgan fingerprint density at radius 2 is 1.91 bits per heavy atom. The molecule has 1 fully saturated rings. The van der Waals surface area contributed by atoms with Crippen LogP contribution in [0.2, 0.25) is 0 Å². The van der Waals surface area contributed by atoms with Crippen molar-refractivity contribution in [2.75, 3.05) is 25.5 Å². The fourth-order valence-electron chi connectivity index (χ4n) is 4.49. The van der Waals surface area contributed by atoms with Crippen LogP contribution in [0.15, 0.2) is 33.9 Å². The number of carbonyl (C=O) groups is 1. The van der Waals surface area contributed by atoms with E-state index in [9.17, 15) is 14.4 Å². The van der Waals surface area contributed by atoms with Gasteiger partial charge in [0.25, 0.3) is 11.5 Å². The van der Waals surface area contributed by atoms with Crippen LogP contribution in [0.3, 0.4) is 0 Å². The van der Waals surface area contributed by atoms with Crippen LogP contribution in [-0.2, 0) is 20.1 Å². The summed E-state index contributed by atoms with van der Waals surface area (Å²) in [6, 6.07) is 7.82. The number of nitrogens with zero attached hydrogens (tertiary/aromatic N) is 5. The second-order valence-electron chi connectivity index (χ2n) is 9.14. The Morgan fingerprint density at radius 3 is 2.56 bits per heavy atom. The first-order valence-electron chi connectivity index (χ1n) is 11.5. The van der Waals surface area contributed by atoms with Gasteiger partial charge < -0.3 is 14.8 Å². The van der Waals surface area contributed by atoms with E-state index in [1.807, 2.05) is 49.7 Å². The number of amides is 1. The van der Waals surface area contributed by atoms with E-state index >= 15 is 0 Å². The Kier molecular flexibility index (Phi) is 5.55. The number of fused-ring (bicyclic) bond motifs is 2. The lowest BCUT2D eigenvalue weighted by molar-refractivity contribution is 0.0653. The summed E-state index contributed by atoms with van der Waals surface area (Å²) in [6.45, 7) is 6.25. The van der Waals surface area contributed by atoms with Crippen LogP contribution in [0.25, 0.3) is 21.3 Å². The summed E-state index contributed by atoms with van der Waals surface area (Å²) < 4.78 is 4.79. The molecule has 10 heteroatoms. The summed E-state index contributed by atoms with van der Waals surface area (Å²) >= 11 is 1.36. The third kappa shape index (κ3) is 3.44. The molecule has 1 saturated heterocycles. The summed E-state index contributed by atoms with van der Waals surface area (Å²) in [4.78, 5) is 47.7. The maximum absolute atomic E-state index is 13.6. The molecule has 178 valence electrons. The molecule has 1 aromatic carbocycles. The molecule has 0 radical (unpaired) electrons. The van der Waals surface area contributed by atoms with Crippen molar-refractivity contribution in [2.24, 2.45) is 13.0 Å². The van der Waals surface area contributed by atoms with Crippen LogP contribution >= 0.6 is 11.3 Å². The number of hydrogen-bond acceptors (Lipinski definition) is 6. The molecule has 4 heterocycles. The summed E-state index contributed by atoms with van der Waals surface area (Å²) in [5, 5.41) is 3.48. The SMILES string of the molecule is CNc1nc2ccccc2n1Cc1sc2c(c1C(=O)N1CCC1)c(=O)n(C)c(=O)n2CC(C)C. The minimum Gasteiger partial charge on any atom is -0.359 e. The highest BCUT2D eigenvalue weighted by atomic mass is 32.1. The highest BCUT2D eigenvalue weighted by Gasteiger charge is 2.31. The van der Waals surface area contributed by atoms with Gasteiger partial charge in [0.2, 0.25) is 5.95 Å². The Morgan fingerprint density at radius 1 is 1.18 bits per heavy atom. The number of aromatic nitrogens is 4. The standard InChI is InChI=1S/C24H28N6O3S/c1-14(2)12-30-22-19(20(31)27(4)24(30)33)18(21(32)28-10-7-11-28)17(34-22)13-29-16-9-6-5-8-15(16)26-23(29)25-3/h5-6,8-9,14H,7,10-13H2,1-4H3,(H,25,26). The molecule has 0 saturated carbocycles. The van der Waals surface area contributed by atoms with Gasteiger partial charge in [-0.15, -0.1) is 11.3 Å². The quantitative estimate of drug-likeness (QED) is 0.458. The van der Waals surface area contributed by atoms with Crippen LogP contribution in [0.4, 0.5) is 5.95 Å². The first-order chi connectivity index (χ1) is 16.3. The first-order valence-corrected chi connectivity index (χ1v) is 12.3. The van der Waals surface area contributed by atoms with Gasteiger partial charge in [-0.25, -0.2) is 9.78 Å². The van der Waals surface area contributed by atoms with Gasteiger partial charge in [-0.1, -0.05) is 26.0 Å². The van der Waals surface area contributed by atoms with Gasteiger partial charge in [-0.2, -0.15) is 0 Å². The number of thiophene rings is 1. The Labute approximate surface area is 200 Å². The lowest BCUT2D eigenvalue weighted by Crippen LogP contribution is -2.43. The molecule has 0 aliphatic carbocycles. The topological polar surface area (TPSA) is 94.2 Å². The Bertz CT molecular complexity index is 1540. The molecule has 1 aliphatic rings. The second-order valence-corrected chi connectivity index (χ2v) is 10.2. The van der Waals surface area contributed by atoms with Gasteiger partial charge in [-0.3, -0.25) is 18.7 Å². The molecule has 0 spiro atoms. The Balaban J connectivity index is 1.80. The number of likely N-dealkylation sites (tertiary alicyclic amines) is 1. The third-order valence-electron chi connectivity index (χ3n) is 6.33. The molecule has 0 bridgehead atoms. The molecule has 0 unspecified atom stereocenters. The monoisotopic (exact) mass is 480 g/mol. The number of nitrogens with one attached hydrogen (secondary N) is 1. The number of benzene rings is 1. The first kappa shape index (κ1) is 22.4. The van der Waals surface area contributed by atoms with Crippen molar-refractivity contribution in [1.29, 1.82) is 0 Å². The number of imidazole rings is 1. The summed E-state index contributed by atoms with van der Waals surface area (Å²) in [6.07, 6.45) is 0.954. The van der Waals surface area contributed by atoms with E-state index in [4.69, 9.17) is 0 Å². The smallest absolute Gasteiger partial charge is 0.331 e. The molecular formula is C24H28N6O3S. The van der Waals surface area contributed by atoms with Gasteiger partial charge in [-0.05, 0) is 24.5 Å². The molecule has 34 heavy (non-hydrogen) atoms. The van der Waals surface area contributed by atoms with Gasteiger partial charge in [0.1, 0.15) is 4.83 Å². The van der Waals surface area contributed by atoms with Crippen LogP contribution in [0.5, 0.6) is 0 Å². The zero-order valence-electron chi connectivity index (χ0n) is 19.8. The maximum atomic E-state index is 13.6. The van der Waals surface area contributed by atoms with Crippen LogP contribution in [-0.4, -0.2) is 49.6 Å². The number of rotatable bonds is 6. The molecule has 1 N–H and O–H groups in total. The van der Waals surface area contributed by atoms with E-state index in [2.05, 4.69) is 10.3 Å². The molecule has 1 amide bonds. The summed E-state index contributed by atoms with van der Waals surface area (Å²) in [5.41, 5.74) is 1.41. The summed E-state index contributed by atoms with van der Waals surface area (Å²) in [7, 11) is 3.30. The van der Waals surface area contributed by atoms with Crippen molar-refractivity contribution in [3.05, 3.63) is 55.5 Å². The molecule has 3 aromatic heterocycles. The minimum absolute atomic E-state index is 0.144. The number of para-hydroxylation sites is 2. The fraction of sp³-hybridized carbons (Fsp3) is 0.417. The highest BCUT2D eigenvalue weighted by Crippen LogP contribution is 2.33. The van der Waals surface area contributed by atoms with E-state index in [0.29, 0.717) is 47.9 Å². The van der Waals surface area contributed by atoms with Crippen molar-refractivity contribution in [3.63, 3.8) is 0 Å². The van der Waals surface area contributed by atoms with Crippen molar-refractivity contribution >= 4 is 44.4 Å². The average Bonchev–Trinajstić information content (AvgIpc) is 3.32. The van der Waals surface area contributed by atoms with Gasteiger partial charge in [0.05, 0.1) is 28.5 Å². The molecule has 5 rings (SSSR count). The lowest BCUT2D eigenvalue weighted by Gasteiger charge is -2.31. The van der Waals surface area contributed by atoms with E-state index in [1.54, 1.807) is 9.47 Å². The van der Waals surface area contributed by atoms with Gasteiger partial charge >= 0.3 is 5.69 Å². The normalized spacial score (nSPS) is 13.7. The van der Waals surface area contributed by atoms with Crippen molar-refractivity contribution < 1.29 is 4.79 Å². The Hall–Kier alpha value is -3.40. The summed E-state index contributed by atoms with van der Waals surface area (Å²) in [5.74, 6) is 0.732. The van der Waals surface area contributed by atoms with Crippen molar-refractivity contribution in [2.45, 2.75) is 33.4 Å². The van der Waals surface area contributed by atoms with E-state index in [0.717, 1.165) is 26.9 Å². The predicted octanol–water partition coefficient (Wildman–Crippen LogP) is 2.70. The van der Waals surface area contributed by atoms with Gasteiger partial charge in [0.15, 0.2) is 0 Å². The maximum Gasteiger partial charge on any atom is 0.331 e. The molecular weight excluding hydrogens is 452 g/mol. The molecule has 1 aliphatic heterocycles. The van der Waals surface area contributed by atoms with Crippen LogP contribution in [0, 0.1) is 5.92 Å². The fourth-order valence-corrected chi connectivity index (χ4v) is 5.76.